The van der Waals surface area contributed by atoms with E-state index in [4.69, 9.17) is 0 Å². The van der Waals surface area contributed by atoms with Crippen molar-refractivity contribution in [3.05, 3.63) is 76.7 Å². The highest BCUT2D eigenvalue weighted by Gasteiger charge is 2.27. The molecule has 0 amide bonds. The number of thioether (sulfide) groups is 1. The van der Waals surface area contributed by atoms with E-state index in [2.05, 4.69) is 96.7 Å². The molecule has 0 bridgehead atoms. The summed E-state index contributed by atoms with van der Waals surface area (Å²) in [6, 6.07) is 15.5. The van der Waals surface area contributed by atoms with Crippen LogP contribution in [0.1, 0.15) is 58.6 Å². The second-order valence-electron chi connectivity index (χ2n) is 9.07. The fourth-order valence-corrected chi connectivity index (χ4v) is 4.69. The lowest BCUT2D eigenvalue weighted by Gasteiger charge is -2.21. The van der Waals surface area contributed by atoms with Gasteiger partial charge in [0.1, 0.15) is 0 Å². The van der Waals surface area contributed by atoms with E-state index < -0.39 is 0 Å². The van der Waals surface area contributed by atoms with Gasteiger partial charge < -0.3 is 0 Å². The predicted molar refractivity (Wildman–Crippen MR) is 121 cm³/mol. The van der Waals surface area contributed by atoms with Crippen LogP contribution in [0, 0.1) is 11.3 Å². The first-order valence-electron chi connectivity index (χ1n) is 9.97. The maximum atomic E-state index is 4.33. The third-order valence-electron chi connectivity index (χ3n) is 5.75. The Morgan fingerprint density at radius 3 is 2.30 bits per heavy atom. The van der Waals surface area contributed by atoms with Crippen LogP contribution < -0.4 is 0 Å². The minimum Gasteiger partial charge on any atom is -0.0953 e. The second kappa shape index (κ2) is 7.72. The summed E-state index contributed by atoms with van der Waals surface area (Å²) >= 11 is 1.95. The third kappa shape index (κ3) is 4.24. The van der Waals surface area contributed by atoms with Gasteiger partial charge in [0.05, 0.1) is 0 Å². The fraction of sp³-hybridized carbons (Fsp3) is 0.385. The molecule has 142 valence electrons. The van der Waals surface area contributed by atoms with E-state index >= 15 is 0 Å². The molecule has 2 aromatic carbocycles. The van der Waals surface area contributed by atoms with Crippen molar-refractivity contribution in [3.63, 3.8) is 0 Å². The van der Waals surface area contributed by atoms with Gasteiger partial charge in [0.15, 0.2) is 0 Å². The van der Waals surface area contributed by atoms with Crippen LogP contribution in [0.25, 0.3) is 11.1 Å². The Morgan fingerprint density at radius 2 is 1.70 bits per heavy atom. The molecule has 3 rings (SSSR count). The van der Waals surface area contributed by atoms with E-state index in [0.29, 0.717) is 11.8 Å². The van der Waals surface area contributed by atoms with Crippen LogP contribution in [-0.4, -0.2) is 0 Å². The van der Waals surface area contributed by atoms with Gasteiger partial charge in [-0.1, -0.05) is 102 Å². The van der Waals surface area contributed by atoms with Crippen LogP contribution in [0.4, 0.5) is 0 Å². The number of allylic oxidation sites excluding steroid dienone is 3. The van der Waals surface area contributed by atoms with Gasteiger partial charge in [-0.2, -0.15) is 0 Å². The largest absolute Gasteiger partial charge is 0.0953 e. The minimum atomic E-state index is 0.110. The molecule has 0 aliphatic carbocycles. The van der Waals surface area contributed by atoms with E-state index in [1.807, 2.05) is 11.8 Å². The highest BCUT2D eigenvalue weighted by atomic mass is 32.2. The Labute approximate surface area is 169 Å². The minimum absolute atomic E-state index is 0.110. The highest BCUT2D eigenvalue weighted by molar-refractivity contribution is 8.03. The van der Waals surface area contributed by atoms with Crippen LogP contribution in [0.2, 0.25) is 0 Å². The first-order chi connectivity index (χ1) is 12.7. The van der Waals surface area contributed by atoms with Crippen LogP contribution in [-0.2, 0) is 6.42 Å². The fourth-order valence-electron chi connectivity index (χ4n) is 3.41. The lowest BCUT2D eigenvalue weighted by molar-refractivity contribution is 0.518. The average Bonchev–Trinajstić information content (AvgIpc) is 3.03. The van der Waals surface area contributed by atoms with Crippen LogP contribution in [0.15, 0.2) is 70.5 Å². The monoisotopic (exact) mass is 376 g/mol. The molecule has 1 unspecified atom stereocenters. The van der Waals surface area contributed by atoms with Gasteiger partial charge in [-0.3, -0.25) is 0 Å². The molecule has 0 aromatic heterocycles. The summed E-state index contributed by atoms with van der Waals surface area (Å²) in [6.07, 6.45) is 3.35. The smallest absolute Gasteiger partial charge is 0.0236 e. The first kappa shape index (κ1) is 20.0. The van der Waals surface area contributed by atoms with Crippen LogP contribution in [0.3, 0.4) is 0 Å². The van der Waals surface area contributed by atoms with Gasteiger partial charge in [0.2, 0.25) is 0 Å². The summed E-state index contributed by atoms with van der Waals surface area (Å²) in [5.41, 5.74) is 7.02. The number of hydrogen-bond donors (Lipinski definition) is 0. The molecular formula is C26H32S. The van der Waals surface area contributed by atoms with Crippen molar-refractivity contribution in [1.29, 1.82) is 0 Å². The van der Waals surface area contributed by atoms with Crippen LogP contribution >= 0.6 is 11.8 Å². The Kier molecular flexibility index (Phi) is 5.72. The van der Waals surface area contributed by atoms with Crippen molar-refractivity contribution in [3.8, 4) is 11.1 Å². The number of fused-ring (bicyclic) bond motifs is 1. The van der Waals surface area contributed by atoms with Gasteiger partial charge in [0, 0.05) is 11.3 Å². The summed E-state index contributed by atoms with van der Waals surface area (Å²) in [6.45, 7) is 18.0. The summed E-state index contributed by atoms with van der Waals surface area (Å²) in [4.78, 5) is 2.87. The van der Waals surface area contributed by atoms with Gasteiger partial charge in [-0.05, 0) is 56.1 Å². The van der Waals surface area contributed by atoms with Crippen molar-refractivity contribution in [2.75, 3.05) is 0 Å². The number of benzene rings is 2. The molecule has 0 radical (unpaired) electrons. The summed E-state index contributed by atoms with van der Waals surface area (Å²) in [5.74, 6) is 1.20. The van der Waals surface area contributed by atoms with E-state index in [1.165, 1.54) is 37.6 Å². The lowest BCUT2D eigenvalue weighted by atomic mass is 9.84. The Bertz CT molecular complexity index is 863. The lowest BCUT2D eigenvalue weighted by Crippen LogP contribution is -2.07. The molecule has 1 heteroatoms. The number of hydrogen-bond acceptors (Lipinski definition) is 1. The van der Waals surface area contributed by atoms with Gasteiger partial charge in [0.25, 0.3) is 0 Å². The molecule has 1 aliphatic heterocycles. The van der Waals surface area contributed by atoms with Crippen molar-refractivity contribution in [1.82, 2.24) is 0 Å². The molecule has 0 N–H and O–H groups in total. The maximum Gasteiger partial charge on any atom is 0.0236 e. The highest BCUT2D eigenvalue weighted by Crippen LogP contribution is 2.49. The van der Waals surface area contributed by atoms with E-state index in [1.54, 1.807) is 0 Å². The summed E-state index contributed by atoms with van der Waals surface area (Å²) in [7, 11) is 0. The topological polar surface area (TPSA) is 0 Å². The zero-order chi connectivity index (χ0) is 19.8. The standard InChI is InChI=1S/C26H32S/c1-17(2)19(4)22-13-14-23(20-11-9-8-10-12-20)25-24(22)16-21(27-25)15-18(3)26(5,6)7/h8-15,17,19H,3,16H2,1-2,4-7H3/b21-15+. The zero-order valence-electron chi connectivity index (χ0n) is 17.6. The molecule has 1 aliphatic rings. The first-order valence-corrected chi connectivity index (χ1v) is 10.8. The SMILES string of the molecule is C=C(/C=C1\Cc2c(C(C)C(C)C)ccc(-c3ccccc3)c2S1)C(C)(C)C. The molecule has 0 spiro atoms. The van der Waals surface area contributed by atoms with Gasteiger partial charge in [-0.25, -0.2) is 0 Å². The van der Waals surface area contributed by atoms with Crippen molar-refractivity contribution < 1.29 is 0 Å². The van der Waals surface area contributed by atoms with E-state index in [0.717, 1.165) is 6.42 Å². The normalized spacial score (nSPS) is 16.6. The molecule has 0 saturated carbocycles. The quantitative estimate of drug-likeness (QED) is 0.517. The zero-order valence-corrected chi connectivity index (χ0v) is 18.4. The number of rotatable bonds is 4. The Morgan fingerprint density at radius 1 is 1.04 bits per heavy atom. The van der Waals surface area contributed by atoms with E-state index in [9.17, 15) is 0 Å². The average molecular weight is 377 g/mol. The molecule has 2 aromatic rings. The summed E-state index contributed by atoms with van der Waals surface area (Å²) < 4.78 is 0. The Hall–Kier alpha value is -1.73. The molecule has 0 fully saturated rings. The van der Waals surface area contributed by atoms with Gasteiger partial charge in [-0.15, -0.1) is 0 Å². The van der Waals surface area contributed by atoms with Crippen molar-refractivity contribution >= 4 is 11.8 Å². The molecular weight excluding hydrogens is 344 g/mol. The van der Waals surface area contributed by atoms with E-state index in [-0.39, 0.29) is 5.41 Å². The second-order valence-corrected chi connectivity index (χ2v) is 10.2. The Balaban J connectivity index is 2.09. The van der Waals surface area contributed by atoms with Gasteiger partial charge >= 0.3 is 0 Å². The maximum absolute atomic E-state index is 4.33. The third-order valence-corrected chi connectivity index (χ3v) is 6.95. The molecule has 1 atom stereocenters. The molecule has 27 heavy (non-hydrogen) atoms. The van der Waals surface area contributed by atoms with Crippen LogP contribution in [0.5, 0.6) is 0 Å². The molecule has 1 heterocycles. The molecule has 0 nitrogen and oxygen atoms in total. The van der Waals surface area contributed by atoms with Crippen molar-refractivity contribution in [2.45, 2.75) is 58.8 Å². The molecule has 0 saturated heterocycles. The van der Waals surface area contributed by atoms with Crippen molar-refractivity contribution in [2.24, 2.45) is 11.3 Å². The predicted octanol–water partition coefficient (Wildman–Crippen LogP) is 8.25. The summed E-state index contributed by atoms with van der Waals surface area (Å²) in [5, 5.41) is 0.